The van der Waals surface area contributed by atoms with Crippen LogP contribution in [0.15, 0.2) is 0 Å². The molecule has 0 spiro atoms. The van der Waals surface area contributed by atoms with Gasteiger partial charge in [-0.25, -0.2) is 0 Å². The van der Waals surface area contributed by atoms with E-state index in [0.29, 0.717) is 6.61 Å². The van der Waals surface area contributed by atoms with Crippen LogP contribution in [0.4, 0.5) is 0 Å². The van der Waals surface area contributed by atoms with Gasteiger partial charge in [0.05, 0.1) is 0 Å². The molecule has 0 aliphatic carbocycles. The fourth-order valence-corrected chi connectivity index (χ4v) is 3.11. The Morgan fingerprint density at radius 1 is 0.862 bits per heavy atom. The average molecular weight is 418 g/mol. The first-order valence-corrected chi connectivity index (χ1v) is 10.2. The third-order valence-corrected chi connectivity index (χ3v) is 4.45. The predicted octanol–water partition coefficient (Wildman–Crippen LogP) is 1.88. The zero-order valence-electron chi connectivity index (χ0n) is 17.8. The van der Waals surface area contributed by atoms with E-state index in [-0.39, 0.29) is 6.61 Å². The van der Waals surface area contributed by atoms with Gasteiger partial charge in [0.1, 0.15) is 18.8 Å². The Hall–Kier alpha value is -1.71. The quantitative estimate of drug-likeness (QED) is 0.288. The van der Waals surface area contributed by atoms with Crippen molar-refractivity contribution in [3.63, 3.8) is 0 Å². The molecule has 9 nitrogen and oxygen atoms in total. The monoisotopic (exact) mass is 418 g/mol. The molecule has 0 radical (unpaired) electrons. The van der Waals surface area contributed by atoms with Crippen LogP contribution in [-0.2, 0) is 38.1 Å². The highest BCUT2D eigenvalue weighted by Gasteiger charge is 2.50. The van der Waals surface area contributed by atoms with E-state index in [1.807, 2.05) is 0 Å². The summed E-state index contributed by atoms with van der Waals surface area (Å²) >= 11 is 0. The Labute approximate surface area is 172 Å². The van der Waals surface area contributed by atoms with Crippen LogP contribution in [0.2, 0.25) is 0 Å². The maximum absolute atomic E-state index is 11.5. The number of rotatable bonds is 12. The van der Waals surface area contributed by atoms with Gasteiger partial charge in [-0.2, -0.15) is 0 Å². The van der Waals surface area contributed by atoms with Crippen LogP contribution in [-0.4, -0.2) is 66.9 Å². The summed E-state index contributed by atoms with van der Waals surface area (Å²) in [5.41, 5.74) is 0. The second kappa shape index (κ2) is 13.5. The zero-order valence-corrected chi connectivity index (χ0v) is 17.8. The zero-order chi connectivity index (χ0) is 21.8. The minimum atomic E-state index is -1.36. The van der Waals surface area contributed by atoms with Crippen molar-refractivity contribution < 1.29 is 43.2 Å². The number of unbranched alkanes of at least 4 members (excludes halogenated alkanes) is 5. The first-order valence-electron chi connectivity index (χ1n) is 10.2. The van der Waals surface area contributed by atoms with E-state index in [4.69, 9.17) is 23.7 Å². The van der Waals surface area contributed by atoms with E-state index in [1.54, 1.807) is 0 Å². The number of esters is 3. The minimum absolute atomic E-state index is 0.241. The highest BCUT2D eigenvalue weighted by molar-refractivity contribution is 5.67. The van der Waals surface area contributed by atoms with E-state index >= 15 is 0 Å². The van der Waals surface area contributed by atoms with Gasteiger partial charge in [-0.3, -0.25) is 14.4 Å². The molecule has 1 aliphatic heterocycles. The summed E-state index contributed by atoms with van der Waals surface area (Å²) < 4.78 is 26.7. The molecular weight excluding hydrogens is 384 g/mol. The Kier molecular flexibility index (Phi) is 11.8. The van der Waals surface area contributed by atoms with E-state index < -0.39 is 48.6 Å². The van der Waals surface area contributed by atoms with Crippen molar-refractivity contribution >= 4 is 17.9 Å². The number of hydrogen-bond acceptors (Lipinski definition) is 9. The van der Waals surface area contributed by atoms with Crippen molar-refractivity contribution in [2.75, 3.05) is 13.2 Å². The molecule has 0 unspecified atom stereocenters. The number of carbonyl (C=O) groups is 3. The van der Waals surface area contributed by atoms with Crippen LogP contribution >= 0.6 is 0 Å². The molecule has 1 N–H and O–H groups in total. The molecule has 1 fully saturated rings. The van der Waals surface area contributed by atoms with Crippen LogP contribution in [0.1, 0.15) is 66.2 Å². The van der Waals surface area contributed by atoms with Crippen molar-refractivity contribution in [2.45, 2.75) is 96.9 Å². The third kappa shape index (κ3) is 9.56. The van der Waals surface area contributed by atoms with Gasteiger partial charge in [0.25, 0.3) is 0 Å². The highest BCUT2D eigenvalue weighted by Crippen LogP contribution is 2.27. The van der Waals surface area contributed by atoms with Crippen LogP contribution in [0, 0.1) is 0 Å². The fraction of sp³-hybridized carbons (Fsp3) is 0.850. The molecule has 1 saturated heterocycles. The Morgan fingerprint density at radius 3 is 2.03 bits per heavy atom. The highest BCUT2D eigenvalue weighted by atomic mass is 16.7. The van der Waals surface area contributed by atoms with E-state index in [2.05, 4.69) is 6.92 Å². The lowest BCUT2D eigenvalue weighted by Gasteiger charge is -2.42. The smallest absolute Gasteiger partial charge is 0.303 e. The second-order valence-corrected chi connectivity index (χ2v) is 7.12. The first kappa shape index (κ1) is 25.3. The summed E-state index contributed by atoms with van der Waals surface area (Å²) in [7, 11) is 0. The van der Waals surface area contributed by atoms with Crippen molar-refractivity contribution in [1.82, 2.24) is 0 Å². The molecule has 0 aromatic carbocycles. The molecule has 1 rings (SSSR count). The SMILES string of the molecule is CCCCCCCCO[C@H]1O[C@H](COC(C)=O)[C@@H](OC(C)=O)[C@H](OC(C)=O)[C@H]1O. The van der Waals surface area contributed by atoms with Crippen LogP contribution in [0.5, 0.6) is 0 Å². The molecule has 29 heavy (non-hydrogen) atoms. The van der Waals surface area contributed by atoms with Gasteiger partial charge < -0.3 is 28.8 Å². The molecule has 0 aromatic heterocycles. The van der Waals surface area contributed by atoms with Gasteiger partial charge in [0, 0.05) is 27.4 Å². The van der Waals surface area contributed by atoms with Gasteiger partial charge in [-0.1, -0.05) is 39.0 Å². The Morgan fingerprint density at radius 2 is 1.45 bits per heavy atom. The van der Waals surface area contributed by atoms with Crippen LogP contribution in [0.25, 0.3) is 0 Å². The third-order valence-electron chi connectivity index (χ3n) is 4.45. The maximum Gasteiger partial charge on any atom is 0.303 e. The standard InChI is InChI=1S/C20H34O9/c1-5-6-7-8-9-10-11-25-20-17(24)19(28-15(4)23)18(27-14(3)22)16(29-20)12-26-13(2)21/h16-20,24H,5-12H2,1-4H3/t16-,17-,18-,19-,20+/m1/s1. The number of aliphatic hydroxyl groups excluding tert-OH is 1. The van der Waals surface area contributed by atoms with Gasteiger partial charge >= 0.3 is 17.9 Å². The molecule has 0 amide bonds. The van der Waals surface area contributed by atoms with Crippen molar-refractivity contribution in [3.8, 4) is 0 Å². The van der Waals surface area contributed by atoms with Crippen LogP contribution < -0.4 is 0 Å². The van der Waals surface area contributed by atoms with Crippen molar-refractivity contribution in [3.05, 3.63) is 0 Å². The van der Waals surface area contributed by atoms with Crippen LogP contribution in [0.3, 0.4) is 0 Å². The summed E-state index contributed by atoms with van der Waals surface area (Å²) in [6, 6.07) is 0. The molecule has 168 valence electrons. The predicted molar refractivity (Wildman–Crippen MR) is 102 cm³/mol. The van der Waals surface area contributed by atoms with E-state index in [9.17, 15) is 19.5 Å². The summed E-state index contributed by atoms with van der Waals surface area (Å²) in [5, 5.41) is 10.6. The normalized spacial score (nSPS) is 26.6. The largest absolute Gasteiger partial charge is 0.463 e. The number of hydrogen-bond donors (Lipinski definition) is 1. The lowest BCUT2D eigenvalue weighted by atomic mass is 9.98. The van der Waals surface area contributed by atoms with Gasteiger partial charge in [0.2, 0.25) is 0 Å². The van der Waals surface area contributed by atoms with Crippen molar-refractivity contribution in [1.29, 1.82) is 0 Å². The molecule has 1 aliphatic rings. The average Bonchev–Trinajstić information content (AvgIpc) is 2.63. The van der Waals surface area contributed by atoms with E-state index in [0.717, 1.165) is 19.3 Å². The topological polar surface area (TPSA) is 118 Å². The molecule has 9 heteroatoms. The first-order chi connectivity index (χ1) is 13.8. The van der Waals surface area contributed by atoms with E-state index in [1.165, 1.54) is 40.0 Å². The fourth-order valence-electron chi connectivity index (χ4n) is 3.11. The summed E-state index contributed by atoms with van der Waals surface area (Å²) in [4.78, 5) is 34.2. The molecular formula is C20H34O9. The van der Waals surface area contributed by atoms with Gasteiger partial charge in [0.15, 0.2) is 18.5 Å². The molecule has 0 bridgehead atoms. The van der Waals surface area contributed by atoms with Crippen molar-refractivity contribution in [2.24, 2.45) is 0 Å². The summed E-state index contributed by atoms with van der Waals surface area (Å²) in [5.74, 6) is -1.86. The molecule has 5 atom stereocenters. The number of carbonyl (C=O) groups excluding carboxylic acids is 3. The summed E-state index contributed by atoms with van der Waals surface area (Å²) in [6.45, 7) is 5.85. The number of ether oxygens (including phenoxy) is 5. The molecule has 0 aromatic rings. The molecule has 1 heterocycles. The second-order valence-electron chi connectivity index (χ2n) is 7.12. The minimum Gasteiger partial charge on any atom is -0.463 e. The number of aliphatic hydroxyl groups is 1. The molecule has 0 saturated carbocycles. The van der Waals surface area contributed by atoms with Gasteiger partial charge in [-0.05, 0) is 6.42 Å². The maximum atomic E-state index is 11.5. The van der Waals surface area contributed by atoms with Gasteiger partial charge in [-0.15, -0.1) is 0 Å². The lowest BCUT2D eigenvalue weighted by Crippen LogP contribution is -2.61. The Balaban J connectivity index is 2.77. The summed E-state index contributed by atoms with van der Waals surface area (Å²) in [6.07, 6.45) is 0.644. The lowest BCUT2D eigenvalue weighted by molar-refractivity contribution is -0.305. The Bertz CT molecular complexity index is 522.